The quantitative estimate of drug-likeness (QED) is 0.742. The van der Waals surface area contributed by atoms with Gasteiger partial charge in [-0.25, -0.2) is 19.8 Å². The van der Waals surface area contributed by atoms with Crippen molar-refractivity contribution in [3.63, 3.8) is 0 Å². The fourth-order valence-electron chi connectivity index (χ4n) is 5.72. The molecule has 2 aliphatic heterocycles. The van der Waals surface area contributed by atoms with Gasteiger partial charge in [0.15, 0.2) is 0 Å². The van der Waals surface area contributed by atoms with Crippen LogP contribution in [0.4, 0.5) is 10.3 Å². The molecule has 2 aromatic rings. The number of halogens is 1. The van der Waals surface area contributed by atoms with Crippen LogP contribution in [0.25, 0.3) is 11.1 Å². The van der Waals surface area contributed by atoms with E-state index in [1.807, 2.05) is 23.9 Å². The molecule has 0 radical (unpaired) electrons. The van der Waals surface area contributed by atoms with Crippen LogP contribution < -0.4 is 15.8 Å². The molecule has 33 heavy (non-hydrogen) atoms. The van der Waals surface area contributed by atoms with Gasteiger partial charge in [0.05, 0.1) is 11.7 Å². The molecule has 1 amide bonds. The third-order valence-electron chi connectivity index (χ3n) is 7.49. The number of nitrogens with zero attached hydrogens (tertiary/aromatic N) is 4. The Morgan fingerprint density at radius 2 is 1.94 bits per heavy atom. The summed E-state index contributed by atoms with van der Waals surface area (Å²) in [6.45, 7) is 3.01. The van der Waals surface area contributed by atoms with Crippen LogP contribution in [0.3, 0.4) is 0 Å². The molecule has 2 N–H and O–H groups in total. The zero-order valence-electron chi connectivity index (χ0n) is 19.6. The summed E-state index contributed by atoms with van der Waals surface area (Å²) in [5.41, 5.74) is 9.27. The highest BCUT2D eigenvalue weighted by Crippen LogP contribution is 2.40. The monoisotopic (exact) mass is 452 g/mol. The van der Waals surface area contributed by atoms with Crippen LogP contribution in [-0.2, 0) is 4.79 Å². The predicted molar refractivity (Wildman–Crippen MR) is 126 cm³/mol. The fourth-order valence-corrected chi connectivity index (χ4v) is 5.72. The van der Waals surface area contributed by atoms with Crippen LogP contribution in [0.15, 0.2) is 30.5 Å². The molecule has 5 atom stereocenters. The van der Waals surface area contributed by atoms with Crippen molar-refractivity contribution in [3.8, 4) is 11.1 Å². The first-order chi connectivity index (χ1) is 15.9. The fraction of sp³-hybridized carbons (Fsp3) is 0.560. The number of carbonyl (C=O) groups excluding carboxylic acids is 1. The van der Waals surface area contributed by atoms with Gasteiger partial charge in [-0.1, -0.05) is 19.1 Å². The van der Waals surface area contributed by atoms with Gasteiger partial charge in [0.25, 0.3) is 0 Å². The van der Waals surface area contributed by atoms with Crippen LogP contribution in [0, 0.1) is 17.7 Å². The Morgan fingerprint density at radius 3 is 2.70 bits per heavy atom. The highest BCUT2D eigenvalue weighted by molar-refractivity contribution is 5.84. The second-order valence-electron chi connectivity index (χ2n) is 10.0. The average molecular weight is 453 g/mol. The molecule has 7 nitrogen and oxygen atoms in total. The number of likely N-dealkylation sites (tertiary alicyclic amines) is 1. The van der Waals surface area contributed by atoms with Gasteiger partial charge in [-0.15, -0.1) is 0 Å². The second-order valence-corrected chi connectivity index (χ2v) is 10.0. The molecule has 0 bridgehead atoms. The summed E-state index contributed by atoms with van der Waals surface area (Å²) in [5.74, 6) is 1.45. The van der Waals surface area contributed by atoms with E-state index in [0.717, 1.165) is 49.0 Å². The van der Waals surface area contributed by atoms with Crippen LogP contribution in [-0.4, -0.2) is 53.5 Å². The average Bonchev–Trinajstić information content (AvgIpc) is 3.46. The van der Waals surface area contributed by atoms with E-state index in [9.17, 15) is 9.18 Å². The summed E-state index contributed by atoms with van der Waals surface area (Å²) in [7, 11) is 3.82. The van der Waals surface area contributed by atoms with E-state index < -0.39 is 0 Å². The summed E-state index contributed by atoms with van der Waals surface area (Å²) in [4.78, 5) is 27.1. The van der Waals surface area contributed by atoms with Gasteiger partial charge in [0.1, 0.15) is 11.9 Å². The first-order valence-electron chi connectivity index (χ1n) is 12.0. The first kappa shape index (κ1) is 22.2. The molecule has 3 aliphatic rings. The maximum Gasteiger partial charge on any atom is 0.241 e. The number of anilines is 1. The van der Waals surface area contributed by atoms with Gasteiger partial charge < -0.3 is 9.80 Å². The molecule has 1 aromatic carbocycles. The second kappa shape index (κ2) is 8.99. The van der Waals surface area contributed by atoms with Crippen molar-refractivity contribution in [1.82, 2.24) is 25.7 Å². The van der Waals surface area contributed by atoms with Crippen molar-refractivity contribution in [2.45, 2.75) is 57.2 Å². The summed E-state index contributed by atoms with van der Waals surface area (Å²) < 4.78 is 13.6. The van der Waals surface area contributed by atoms with Gasteiger partial charge in [0.2, 0.25) is 11.9 Å². The van der Waals surface area contributed by atoms with E-state index in [1.165, 1.54) is 18.6 Å². The number of amides is 1. The minimum Gasteiger partial charge on any atom is -0.347 e. The molecule has 5 rings (SSSR count). The molecular weight excluding hydrogens is 419 g/mol. The number of aromatic nitrogens is 2. The molecular formula is C25H33FN6O. The SMILES string of the molecule is CC1CCC2NNC(C(=O)N3CCCC3c3nc(N(C)C)ncc3-c3ccc(F)cc3)C2C1. The van der Waals surface area contributed by atoms with Crippen molar-refractivity contribution < 1.29 is 9.18 Å². The number of rotatable bonds is 4. The number of hydrogen-bond donors (Lipinski definition) is 2. The third-order valence-corrected chi connectivity index (χ3v) is 7.49. The number of carbonyl (C=O) groups is 1. The summed E-state index contributed by atoms with van der Waals surface area (Å²) in [6.07, 6.45) is 6.98. The van der Waals surface area contributed by atoms with E-state index in [4.69, 9.17) is 4.98 Å². The zero-order chi connectivity index (χ0) is 23.1. The molecule has 1 saturated carbocycles. The highest BCUT2D eigenvalue weighted by atomic mass is 19.1. The molecule has 3 fully saturated rings. The minimum absolute atomic E-state index is 0.124. The van der Waals surface area contributed by atoms with E-state index >= 15 is 0 Å². The summed E-state index contributed by atoms with van der Waals surface area (Å²) in [6, 6.07) is 6.45. The lowest BCUT2D eigenvalue weighted by molar-refractivity contribution is -0.135. The number of nitrogens with one attached hydrogen (secondary N) is 2. The van der Waals surface area contributed by atoms with Crippen LogP contribution in [0.2, 0.25) is 0 Å². The van der Waals surface area contributed by atoms with Crippen molar-refractivity contribution >= 4 is 11.9 Å². The lowest BCUT2D eigenvalue weighted by Gasteiger charge is -2.34. The Labute approximate surface area is 194 Å². The number of hydrogen-bond acceptors (Lipinski definition) is 6. The standard InChI is InChI=1S/C25H33FN6O/c1-15-6-11-20-18(13-15)23(30-29-20)24(33)32-12-4-5-21(32)22-19(14-27-25(28-22)31(2)3)16-7-9-17(26)10-8-16/h7-10,14-15,18,20-21,23,29-30H,4-6,11-13H2,1-3H3. The molecule has 3 heterocycles. The van der Waals surface area contributed by atoms with Gasteiger partial charge in [-0.3, -0.25) is 10.2 Å². The largest absolute Gasteiger partial charge is 0.347 e. The van der Waals surface area contributed by atoms with Gasteiger partial charge in [-0.2, -0.15) is 0 Å². The van der Waals surface area contributed by atoms with Crippen molar-refractivity contribution in [1.29, 1.82) is 0 Å². The van der Waals surface area contributed by atoms with Gasteiger partial charge in [0, 0.05) is 44.4 Å². The molecule has 5 unspecified atom stereocenters. The Kier molecular flexibility index (Phi) is 6.05. The number of benzene rings is 1. The number of fused-ring (bicyclic) bond motifs is 1. The smallest absolute Gasteiger partial charge is 0.241 e. The zero-order valence-corrected chi connectivity index (χ0v) is 19.6. The van der Waals surface area contributed by atoms with Crippen LogP contribution in [0.5, 0.6) is 0 Å². The lowest BCUT2D eigenvalue weighted by atomic mass is 9.76. The summed E-state index contributed by atoms with van der Waals surface area (Å²) in [5, 5.41) is 0. The highest BCUT2D eigenvalue weighted by Gasteiger charge is 2.46. The number of hydrazine groups is 1. The van der Waals surface area contributed by atoms with Crippen molar-refractivity contribution in [2.24, 2.45) is 11.8 Å². The van der Waals surface area contributed by atoms with E-state index in [-0.39, 0.29) is 23.8 Å². The van der Waals surface area contributed by atoms with Gasteiger partial charge in [-0.05, 0) is 55.7 Å². The lowest BCUT2D eigenvalue weighted by Crippen LogP contribution is -2.48. The molecule has 8 heteroatoms. The first-order valence-corrected chi connectivity index (χ1v) is 12.0. The molecule has 0 spiro atoms. The normalized spacial score (nSPS) is 29.2. The van der Waals surface area contributed by atoms with E-state index in [1.54, 1.807) is 18.3 Å². The molecule has 176 valence electrons. The third kappa shape index (κ3) is 4.22. The Morgan fingerprint density at radius 1 is 1.15 bits per heavy atom. The topological polar surface area (TPSA) is 73.4 Å². The minimum atomic E-state index is -0.278. The Hall–Kier alpha value is -2.58. The van der Waals surface area contributed by atoms with Crippen LogP contribution >= 0.6 is 0 Å². The van der Waals surface area contributed by atoms with Crippen molar-refractivity contribution in [2.75, 3.05) is 25.5 Å². The van der Waals surface area contributed by atoms with E-state index in [2.05, 4.69) is 22.8 Å². The van der Waals surface area contributed by atoms with Gasteiger partial charge >= 0.3 is 0 Å². The van der Waals surface area contributed by atoms with Crippen molar-refractivity contribution in [3.05, 3.63) is 42.0 Å². The molecule has 1 aliphatic carbocycles. The van der Waals surface area contributed by atoms with Crippen LogP contribution in [0.1, 0.15) is 50.8 Å². The molecule has 2 saturated heterocycles. The Balaban J connectivity index is 1.48. The predicted octanol–water partition coefficient (Wildman–Crippen LogP) is 3.29. The Bertz CT molecular complexity index is 1010. The maximum absolute atomic E-state index is 13.8. The summed E-state index contributed by atoms with van der Waals surface area (Å²) >= 11 is 0. The maximum atomic E-state index is 13.8. The van der Waals surface area contributed by atoms with E-state index in [0.29, 0.717) is 23.8 Å². The molecule has 1 aromatic heterocycles.